The molecule has 3 rings (SSSR count). The summed E-state index contributed by atoms with van der Waals surface area (Å²) in [6.07, 6.45) is 1.57. The Morgan fingerprint density at radius 2 is 1.60 bits per heavy atom. The van der Waals surface area contributed by atoms with Gasteiger partial charge in [0.15, 0.2) is 0 Å². The smallest absolute Gasteiger partial charge is 0.264 e. The van der Waals surface area contributed by atoms with Crippen molar-refractivity contribution >= 4 is 27.8 Å². The summed E-state index contributed by atoms with van der Waals surface area (Å²) in [6, 6.07) is 19.3. The molecule has 0 fully saturated rings. The normalized spacial score (nSPS) is 11.6. The minimum absolute atomic E-state index is 0.0741. The number of amides is 1. The Kier molecular flexibility index (Phi) is 8.30. The zero-order valence-corrected chi connectivity index (χ0v) is 21.5. The maximum Gasteiger partial charge on any atom is 0.264 e. The van der Waals surface area contributed by atoms with Crippen LogP contribution in [0, 0.1) is 20.8 Å². The molecular weight excluding hydrogens is 462 g/mol. The Balaban J connectivity index is 1.81. The fraction of sp³-hybridized carbons (Fsp3) is 0.259. The van der Waals surface area contributed by atoms with Crippen LogP contribution in [-0.4, -0.2) is 33.2 Å². The topological polar surface area (TPSA) is 88.1 Å². The number of aryl methyl sites for hydroxylation is 3. The maximum atomic E-state index is 13.5. The number of nitrogens with zero attached hydrogens (tertiary/aromatic N) is 2. The van der Waals surface area contributed by atoms with Crippen molar-refractivity contribution in [2.24, 2.45) is 5.10 Å². The zero-order valence-electron chi connectivity index (χ0n) is 20.6. The molecule has 0 bridgehead atoms. The number of rotatable bonds is 9. The van der Waals surface area contributed by atoms with Gasteiger partial charge >= 0.3 is 0 Å². The van der Waals surface area contributed by atoms with E-state index in [1.807, 2.05) is 71.0 Å². The number of nitrogens with one attached hydrogen (secondary N) is 1. The van der Waals surface area contributed by atoms with Gasteiger partial charge in [0.2, 0.25) is 0 Å². The van der Waals surface area contributed by atoms with E-state index in [4.69, 9.17) is 4.74 Å². The van der Waals surface area contributed by atoms with Gasteiger partial charge in [0.1, 0.15) is 12.3 Å². The van der Waals surface area contributed by atoms with Crippen LogP contribution in [-0.2, 0) is 14.8 Å². The number of sulfonamides is 1. The van der Waals surface area contributed by atoms with Crippen LogP contribution in [0.3, 0.4) is 0 Å². The van der Waals surface area contributed by atoms with Gasteiger partial charge in [-0.2, -0.15) is 5.10 Å². The molecule has 0 radical (unpaired) electrons. The van der Waals surface area contributed by atoms with Gasteiger partial charge < -0.3 is 4.74 Å². The molecule has 1 amide bonds. The van der Waals surface area contributed by atoms with Crippen LogP contribution in [0.1, 0.15) is 36.1 Å². The highest BCUT2D eigenvalue weighted by atomic mass is 32.2. The summed E-state index contributed by atoms with van der Waals surface area (Å²) in [5, 5.41) is 4.00. The number of ether oxygens (including phenoxy) is 1. The Labute approximate surface area is 207 Å². The number of carbonyl (C=O) groups excluding carboxylic acids is 1. The van der Waals surface area contributed by atoms with Crippen molar-refractivity contribution in [2.45, 2.75) is 45.6 Å². The monoisotopic (exact) mass is 493 g/mol. The average Bonchev–Trinajstić information content (AvgIpc) is 2.80. The summed E-state index contributed by atoms with van der Waals surface area (Å²) in [5.41, 5.74) is 6.22. The van der Waals surface area contributed by atoms with Crippen LogP contribution in [0.2, 0.25) is 0 Å². The summed E-state index contributed by atoms with van der Waals surface area (Å²) in [7, 11) is -3.99. The van der Waals surface area contributed by atoms with Crippen molar-refractivity contribution in [1.82, 2.24) is 5.43 Å². The van der Waals surface area contributed by atoms with Gasteiger partial charge in [0.25, 0.3) is 15.9 Å². The van der Waals surface area contributed by atoms with E-state index in [0.717, 1.165) is 32.3 Å². The molecule has 0 spiro atoms. The minimum Gasteiger partial charge on any atom is -0.491 e. The van der Waals surface area contributed by atoms with Crippen LogP contribution in [0.25, 0.3) is 0 Å². The average molecular weight is 494 g/mol. The molecule has 0 unspecified atom stereocenters. The quantitative estimate of drug-likeness (QED) is 0.344. The second-order valence-electron chi connectivity index (χ2n) is 8.64. The van der Waals surface area contributed by atoms with Gasteiger partial charge in [0, 0.05) is 0 Å². The summed E-state index contributed by atoms with van der Waals surface area (Å²) in [4.78, 5) is 12.9. The number of carbonyl (C=O) groups is 1. The van der Waals surface area contributed by atoms with Crippen LogP contribution in [0.15, 0.2) is 76.7 Å². The highest BCUT2D eigenvalue weighted by Crippen LogP contribution is 2.28. The number of benzene rings is 3. The molecule has 184 valence electrons. The maximum absolute atomic E-state index is 13.5. The fourth-order valence-electron chi connectivity index (χ4n) is 3.37. The molecule has 1 N–H and O–H groups in total. The lowest BCUT2D eigenvalue weighted by molar-refractivity contribution is -0.119. The van der Waals surface area contributed by atoms with Crippen molar-refractivity contribution in [3.8, 4) is 5.75 Å². The van der Waals surface area contributed by atoms with E-state index in [-0.39, 0.29) is 11.0 Å². The Bertz CT molecular complexity index is 1300. The second-order valence-corrected chi connectivity index (χ2v) is 10.5. The van der Waals surface area contributed by atoms with Crippen LogP contribution in [0.4, 0.5) is 5.69 Å². The lowest BCUT2D eigenvalue weighted by atomic mass is 10.1. The molecule has 3 aromatic carbocycles. The summed E-state index contributed by atoms with van der Waals surface area (Å²) in [6.45, 7) is 9.06. The third kappa shape index (κ3) is 6.93. The first-order chi connectivity index (χ1) is 16.6. The van der Waals surface area contributed by atoms with E-state index in [2.05, 4.69) is 10.5 Å². The molecule has 0 aliphatic rings. The fourth-order valence-corrected chi connectivity index (χ4v) is 4.85. The SMILES string of the molecule is Cc1ccc(S(=O)(=O)N(CC(=O)N/N=C\c2ccc(OC(C)C)cc2)c2cc(C)ccc2C)cc1. The van der Waals surface area contributed by atoms with Crippen LogP contribution >= 0.6 is 0 Å². The Morgan fingerprint density at radius 1 is 0.971 bits per heavy atom. The molecule has 7 nitrogen and oxygen atoms in total. The molecule has 8 heteroatoms. The third-order valence-corrected chi connectivity index (χ3v) is 6.96. The van der Waals surface area contributed by atoms with Gasteiger partial charge in [-0.15, -0.1) is 0 Å². The second kappa shape index (κ2) is 11.2. The molecule has 0 atom stereocenters. The van der Waals surface area contributed by atoms with Gasteiger partial charge in [-0.3, -0.25) is 9.10 Å². The van der Waals surface area contributed by atoms with E-state index < -0.39 is 22.5 Å². The van der Waals surface area contributed by atoms with E-state index in [0.29, 0.717) is 5.69 Å². The third-order valence-electron chi connectivity index (χ3n) is 5.18. The number of hydrogen-bond donors (Lipinski definition) is 1. The molecule has 3 aromatic rings. The zero-order chi connectivity index (χ0) is 25.6. The van der Waals surface area contributed by atoms with Crippen LogP contribution < -0.4 is 14.5 Å². The lowest BCUT2D eigenvalue weighted by Crippen LogP contribution is -2.40. The Hall–Kier alpha value is -3.65. The molecular formula is C27H31N3O4S. The molecule has 0 saturated heterocycles. The Morgan fingerprint density at radius 3 is 2.23 bits per heavy atom. The molecule has 0 aromatic heterocycles. The largest absolute Gasteiger partial charge is 0.491 e. The highest BCUT2D eigenvalue weighted by Gasteiger charge is 2.28. The summed E-state index contributed by atoms with van der Waals surface area (Å²) >= 11 is 0. The van der Waals surface area contributed by atoms with Crippen molar-refractivity contribution in [2.75, 3.05) is 10.8 Å². The van der Waals surface area contributed by atoms with Crippen molar-refractivity contribution in [3.05, 3.63) is 89.0 Å². The summed E-state index contributed by atoms with van der Waals surface area (Å²) < 4.78 is 33.8. The standard InChI is InChI=1S/C27H31N3O4S/c1-19(2)34-24-12-10-23(11-13-24)17-28-29-27(31)18-30(26-16-21(4)6-9-22(26)5)35(32,33)25-14-7-20(3)8-15-25/h6-17,19H,18H2,1-5H3,(H,29,31)/b28-17-. The number of hydrazone groups is 1. The van der Waals surface area contributed by atoms with E-state index in [9.17, 15) is 13.2 Å². The first kappa shape index (κ1) is 26.0. The first-order valence-corrected chi connectivity index (χ1v) is 12.8. The van der Waals surface area contributed by atoms with Crippen molar-refractivity contribution in [3.63, 3.8) is 0 Å². The van der Waals surface area contributed by atoms with Crippen molar-refractivity contribution in [1.29, 1.82) is 0 Å². The van der Waals surface area contributed by atoms with E-state index >= 15 is 0 Å². The minimum atomic E-state index is -3.99. The van der Waals surface area contributed by atoms with Gasteiger partial charge in [-0.25, -0.2) is 13.8 Å². The van der Waals surface area contributed by atoms with E-state index in [1.54, 1.807) is 30.3 Å². The molecule has 0 heterocycles. The van der Waals surface area contributed by atoms with Gasteiger partial charge in [-0.1, -0.05) is 29.8 Å². The summed E-state index contributed by atoms with van der Waals surface area (Å²) in [5.74, 6) is 0.185. The molecule has 0 saturated carbocycles. The predicted octanol–water partition coefficient (Wildman–Crippen LogP) is 4.74. The number of hydrogen-bond acceptors (Lipinski definition) is 5. The predicted molar refractivity (Wildman–Crippen MR) is 140 cm³/mol. The van der Waals surface area contributed by atoms with Crippen LogP contribution in [0.5, 0.6) is 5.75 Å². The van der Waals surface area contributed by atoms with Gasteiger partial charge in [0.05, 0.1) is 22.9 Å². The van der Waals surface area contributed by atoms with E-state index in [1.165, 1.54) is 6.21 Å². The first-order valence-electron chi connectivity index (χ1n) is 11.3. The molecule has 0 aliphatic carbocycles. The molecule has 0 aliphatic heterocycles. The lowest BCUT2D eigenvalue weighted by Gasteiger charge is -2.25. The number of anilines is 1. The molecule has 35 heavy (non-hydrogen) atoms. The van der Waals surface area contributed by atoms with Gasteiger partial charge in [-0.05, 0) is 93.8 Å². The highest BCUT2D eigenvalue weighted by molar-refractivity contribution is 7.92. The van der Waals surface area contributed by atoms with Crippen molar-refractivity contribution < 1.29 is 17.9 Å².